The number of halogens is 3. The fraction of sp³-hybridized carbons (Fsp3) is 0.750. The molecule has 92 valence electrons. The number of alkyl halides is 3. The van der Waals surface area contributed by atoms with Crippen molar-refractivity contribution in [3.63, 3.8) is 0 Å². The number of carbonyl (C=O) groups is 2. The average molecular weight is 241 g/mol. The molecule has 1 atom stereocenters. The minimum atomic E-state index is -5.12. The highest BCUT2D eigenvalue weighted by molar-refractivity contribution is 5.90. The van der Waals surface area contributed by atoms with Crippen molar-refractivity contribution in [2.45, 2.75) is 24.6 Å². The van der Waals surface area contributed by atoms with Gasteiger partial charge in [-0.25, -0.2) is 4.79 Å². The fourth-order valence-corrected chi connectivity index (χ4v) is 1.78. The summed E-state index contributed by atoms with van der Waals surface area (Å²) in [4.78, 5) is 22.0. The van der Waals surface area contributed by atoms with Gasteiger partial charge in [-0.3, -0.25) is 4.79 Å². The van der Waals surface area contributed by atoms with Gasteiger partial charge in [0, 0.05) is 6.54 Å². The van der Waals surface area contributed by atoms with E-state index >= 15 is 0 Å². The number of hydrogen-bond donors (Lipinski definition) is 2. The molecule has 0 aromatic carbocycles. The summed E-state index contributed by atoms with van der Waals surface area (Å²) < 4.78 is 36.5. The predicted molar refractivity (Wildman–Crippen MR) is 44.5 cm³/mol. The standard InChI is InChI=1S/C8H10F3NO4/c9-8(10,11)5(14)12-3-1-2-7(12,4-13)6(15)16/h13H,1-4H2,(H,15,16). The first kappa shape index (κ1) is 12.8. The Kier molecular flexibility index (Phi) is 3.13. The molecule has 0 spiro atoms. The van der Waals surface area contributed by atoms with E-state index in [1.165, 1.54) is 0 Å². The predicted octanol–water partition coefficient (Wildman–Crippen LogP) is -0.0132. The number of aliphatic hydroxyl groups excluding tert-OH is 1. The molecule has 1 aliphatic heterocycles. The number of carbonyl (C=O) groups excluding carboxylic acids is 1. The lowest BCUT2D eigenvalue weighted by Crippen LogP contribution is -2.58. The maximum absolute atomic E-state index is 12.2. The van der Waals surface area contributed by atoms with Gasteiger partial charge in [0.05, 0.1) is 6.61 Å². The van der Waals surface area contributed by atoms with Crippen molar-refractivity contribution >= 4 is 11.9 Å². The second-order valence-corrected chi connectivity index (χ2v) is 3.55. The highest BCUT2D eigenvalue weighted by Crippen LogP contribution is 2.33. The van der Waals surface area contributed by atoms with Crippen molar-refractivity contribution in [2.24, 2.45) is 0 Å². The molecule has 8 heteroatoms. The van der Waals surface area contributed by atoms with Crippen LogP contribution in [0.2, 0.25) is 0 Å². The molecule has 1 amide bonds. The van der Waals surface area contributed by atoms with Crippen LogP contribution in [0.4, 0.5) is 13.2 Å². The second kappa shape index (κ2) is 3.93. The molecule has 0 radical (unpaired) electrons. The third-order valence-corrected chi connectivity index (χ3v) is 2.64. The van der Waals surface area contributed by atoms with Crippen LogP contribution >= 0.6 is 0 Å². The minimum Gasteiger partial charge on any atom is -0.479 e. The molecular weight excluding hydrogens is 231 g/mol. The number of likely N-dealkylation sites (tertiary alicyclic amines) is 1. The summed E-state index contributed by atoms with van der Waals surface area (Å²) in [7, 11) is 0. The normalized spacial score (nSPS) is 25.9. The maximum Gasteiger partial charge on any atom is 0.471 e. The maximum atomic E-state index is 12.2. The Morgan fingerprint density at radius 2 is 1.94 bits per heavy atom. The van der Waals surface area contributed by atoms with Gasteiger partial charge in [0.25, 0.3) is 0 Å². The zero-order valence-corrected chi connectivity index (χ0v) is 8.12. The Hall–Kier alpha value is -1.31. The van der Waals surface area contributed by atoms with E-state index in [-0.39, 0.29) is 24.3 Å². The number of aliphatic hydroxyl groups is 1. The van der Waals surface area contributed by atoms with Crippen molar-refractivity contribution in [1.29, 1.82) is 0 Å². The van der Waals surface area contributed by atoms with Crippen molar-refractivity contribution < 1.29 is 33.0 Å². The Morgan fingerprint density at radius 1 is 1.38 bits per heavy atom. The van der Waals surface area contributed by atoms with Crippen molar-refractivity contribution in [1.82, 2.24) is 4.90 Å². The summed E-state index contributed by atoms with van der Waals surface area (Å²) in [6.45, 7) is -1.34. The van der Waals surface area contributed by atoms with Crippen LogP contribution in [0.25, 0.3) is 0 Å². The Bertz CT molecular complexity index is 317. The summed E-state index contributed by atoms with van der Waals surface area (Å²) in [6, 6.07) is 0. The molecule has 0 aromatic rings. The third kappa shape index (κ3) is 1.84. The summed E-state index contributed by atoms with van der Waals surface area (Å²) in [6.07, 6.45) is -5.18. The van der Waals surface area contributed by atoms with Crippen LogP contribution in [0.1, 0.15) is 12.8 Å². The van der Waals surface area contributed by atoms with E-state index in [4.69, 9.17) is 10.2 Å². The topological polar surface area (TPSA) is 77.8 Å². The molecule has 1 aliphatic rings. The molecule has 0 aromatic heterocycles. The number of amides is 1. The van der Waals surface area contributed by atoms with Gasteiger partial charge in [0.1, 0.15) is 0 Å². The van der Waals surface area contributed by atoms with Gasteiger partial charge >= 0.3 is 18.1 Å². The Balaban J connectivity index is 3.04. The largest absolute Gasteiger partial charge is 0.479 e. The van der Waals surface area contributed by atoms with Crippen molar-refractivity contribution in [3.05, 3.63) is 0 Å². The van der Waals surface area contributed by atoms with E-state index in [2.05, 4.69) is 0 Å². The molecule has 1 rings (SSSR count). The Morgan fingerprint density at radius 3 is 2.31 bits per heavy atom. The number of hydrogen-bond acceptors (Lipinski definition) is 3. The van der Waals surface area contributed by atoms with Gasteiger partial charge in [-0.1, -0.05) is 0 Å². The third-order valence-electron chi connectivity index (χ3n) is 2.64. The number of carboxylic acids is 1. The molecule has 0 aliphatic carbocycles. The first-order valence-electron chi connectivity index (χ1n) is 4.49. The smallest absolute Gasteiger partial charge is 0.471 e. The SMILES string of the molecule is O=C(N1CCCC1(CO)C(=O)O)C(F)(F)F. The number of aliphatic carboxylic acids is 1. The Labute approximate surface area is 88.5 Å². The summed E-state index contributed by atoms with van der Waals surface area (Å²) >= 11 is 0. The molecule has 1 saturated heterocycles. The number of rotatable bonds is 2. The summed E-state index contributed by atoms with van der Waals surface area (Å²) in [5.74, 6) is -3.84. The lowest BCUT2D eigenvalue weighted by Gasteiger charge is -2.33. The van der Waals surface area contributed by atoms with Crippen LogP contribution in [-0.2, 0) is 9.59 Å². The van der Waals surface area contributed by atoms with E-state index in [0.29, 0.717) is 0 Å². The van der Waals surface area contributed by atoms with Gasteiger partial charge in [-0.2, -0.15) is 13.2 Å². The van der Waals surface area contributed by atoms with Crippen LogP contribution in [0.15, 0.2) is 0 Å². The molecule has 1 fully saturated rings. The van der Waals surface area contributed by atoms with E-state index in [9.17, 15) is 22.8 Å². The first-order valence-corrected chi connectivity index (χ1v) is 4.49. The molecular formula is C8H10F3NO4. The van der Waals surface area contributed by atoms with E-state index in [0.717, 1.165) is 0 Å². The van der Waals surface area contributed by atoms with Crippen LogP contribution in [0.5, 0.6) is 0 Å². The highest BCUT2D eigenvalue weighted by Gasteiger charge is 2.56. The van der Waals surface area contributed by atoms with Gasteiger partial charge in [-0.15, -0.1) is 0 Å². The van der Waals surface area contributed by atoms with E-state index in [1.54, 1.807) is 0 Å². The second-order valence-electron chi connectivity index (χ2n) is 3.55. The molecule has 1 heterocycles. The number of carboxylic acid groups (broad SMARTS) is 1. The average Bonchev–Trinajstić information content (AvgIpc) is 2.59. The van der Waals surface area contributed by atoms with Crippen molar-refractivity contribution in [3.8, 4) is 0 Å². The molecule has 5 nitrogen and oxygen atoms in total. The van der Waals surface area contributed by atoms with Crippen LogP contribution in [-0.4, -0.2) is 51.9 Å². The molecule has 1 unspecified atom stereocenters. The summed E-state index contributed by atoms with van der Waals surface area (Å²) in [5.41, 5.74) is -2.13. The van der Waals surface area contributed by atoms with Crippen LogP contribution in [0.3, 0.4) is 0 Å². The molecule has 0 bridgehead atoms. The van der Waals surface area contributed by atoms with Crippen LogP contribution in [0, 0.1) is 0 Å². The summed E-state index contributed by atoms with van der Waals surface area (Å²) in [5, 5.41) is 17.8. The van der Waals surface area contributed by atoms with Crippen LogP contribution < -0.4 is 0 Å². The molecule has 2 N–H and O–H groups in total. The molecule has 0 saturated carbocycles. The zero-order valence-electron chi connectivity index (χ0n) is 8.12. The zero-order chi connectivity index (χ0) is 12.6. The van der Waals surface area contributed by atoms with Crippen molar-refractivity contribution in [2.75, 3.05) is 13.2 Å². The first-order chi connectivity index (χ1) is 7.25. The van der Waals surface area contributed by atoms with E-state index < -0.39 is 30.2 Å². The van der Waals surface area contributed by atoms with Gasteiger partial charge < -0.3 is 15.1 Å². The number of nitrogens with zero attached hydrogens (tertiary/aromatic N) is 1. The minimum absolute atomic E-state index is 0.120. The van der Waals surface area contributed by atoms with E-state index in [1.807, 2.05) is 0 Å². The lowest BCUT2D eigenvalue weighted by atomic mass is 9.97. The van der Waals surface area contributed by atoms with Gasteiger partial charge in [-0.05, 0) is 12.8 Å². The highest BCUT2D eigenvalue weighted by atomic mass is 19.4. The van der Waals surface area contributed by atoms with Gasteiger partial charge in [0.15, 0.2) is 5.54 Å². The lowest BCUT2D eigenvalue weighted by molar-refractivity contribution is -0.194. The molecule has 16 heavy (non-hydrogen) atoms. The quantitative estimate of drug-likeness (QED) is 0.712. The monoisotopic (exact) mass is 241 g/mol. The van der Waals surface area contributed by atoms with Gasteiger partial charge in [0.2, 0.25) is 0 Å². The fourth-order valence-electron chi connectivity index (χ4n) is 1.78.